The van der Waals surface area contributed by atoms with Gasteiger partial charge in [-0.2, -0.15) is 4.31 Å². The Morgan fingerprint density at radius 3 is 2.38 bits per heavy atom. The van der Waals surface area contributed by atoms with Gasteiger partial charge in [0.15, 0.2) is 0 Å². The Morgan fingerprint density at radius 1 is 1.29 bits per heavy atom. The zero-order valence-electron chi connectivity index (χ0n) is 14.4. The second-order valence-corrected chi connectivity index (χ2v) is 8.23. The number of carbonyl (C=O) groups excluding carboxylic acids is 1. The quantitative estimate of drug-likeness (QED) is 0.837. The summed E-state index contributed by atoms with van der Waals surface area (Å²) in [6, 6.07) is 9.27. The van der Waals surface area contributed by atoms with Crippen molar-refractivity contribution in [2.24, 2.45) is 5.73 Å². The zero-order chi connectivity index (χ0) is 17.7. The molecule has 0 spiro atoms. The van der Waals surface area contributed by atoms with E-state index in [0.29, 0.717) is 32.5 Å². The fourth-order valence-electron chi connectivity index (χ4n) is 3.30. The molecule has 1 atom stereocenters. The van der Waals surface area contributed by atoms with E-state index >= 15 is 0 Å². The van der Waals surface area contributed by atoms with Crippen LogP contribution in [0.1, 0.15) is 37.8 Å². The van der Waals surface area contributed by atoms with Gasteiger partial charge in [0.2, 0.25) is 15.9 Å². The monoisotopic (exact) mass is 353 g/mol. The number of sulfonamides is 1. The van der Waals surface area contributed by atoms with Crippen molar-refractivity contribution >= 4 is 15.9 Å². The van der Waals surface area contributed by atoms with Crippen LogP contribution in [-0.4, -0.2) is 55.5 Å². The van der Waals surface area contributed by atoms with Crippen molar-refractivity contribution in [1.82, 2.24) is 9.21 Å². The molecule has 1 aliphatic rings. The van der Waals surface area contributed by atoms with Gasteiger partial charge >= 0.3 is 0 Å². The number of rotatable bonds is 6. The molecule has 0 bridgehead atoms. The summed E-state index contributed by atoms with van der Waals surface area (Å²) in [6.45, 7) is 3.47. The minimum Gasteiger partial charge on any atom is -0.343 e. The first-order valence-corrected chi connectivity index (χ1v) is 10.2. The van der Waals surface area contributed by atoms with Gasteiger partial charge in [-0.1, -0.05) is 37.3 Å². The maximum atomic E-state index is 12.4. The van der Waals surface area contributed by atoms with E-state index < -0.39 is 10.0 Å². The van der Waals surface area contributed by atoms with Crippen LogP contribution in [-0.2, 0) is 14.8 Å². The van der Waals surface area contributed by atoms with E-state index in [9.17, 15) is 13.2 Å². The predicted molar refractivity (Wildman–Crippen MR) is 94.8 cm³/mol. The van der Waals surface area contributed by atoms with Gasteiger partial charge in [-0.3, -0.25) is 4.79 Å². The van der Waals surface area contributed by atoms with Gasteiger partial charge in [-0.15, -0.1) is 0 Å². The number of hydrogen-bond donors (Lipinski definition) is 1. The number of nitrogens with two attached hydrogens (primary N) is 1. The van der Waals surface area contributed by atoms with Crippen LogP contribution in [0.15, 0.2) is 30.3 Å². The minimum atomic E-state index is -3.20. The van der Waals surface area contributed by atoms with Crippen LogP contribution >= 0.6 is 0 Å². The van der Waals surface area contributed by atoms with Gasteiger partial charge in [-0.25, -0.2) is 8.42 Å². The molecular weight excluding hydrogens is 326 g/mol. The van der Waals surface area contributed by atoms with E-state index in [1.807, 2.05) is 37.3 Å². The number of benzene rings is 1. The summed E-state index contributed by atoms with van der Waals surface area (Å²) in [7, 11) is -3.20. The van der Waals surface area contributed by atoms with E-state index in [0.717, 1.165) is 5.56 Å². The molecule has 1 fully saturated rings. The Balaban J connectivity index is 1.89. The number of nitrogens with zero attached hydrogens (tertiary/aromatic N) is 2. The predicted octanol–water partition coefficient (Wildman–Crippen LogP) is 1.35. The Kier molecular flexibility index (Phi) is 6.37. The molecule has 0 aliphatic carbocycles. The molecular formula is C17H27N3O3S. The highest BCUT2D eigenvalue weighted by atomic mass is 32.2. The van der Waals surface area contributed by atoms with Crippen molar-refractivity contribution in [2.45, 2.75) is 38.3 Å². The lowest BCUT2D eigenvalue weighted by Crippen LogP contribution is -2.48. The van der Waals surface area contributed by atoms with Gasteiger partial charge in [0, 0.05) is 38.1 Å². The topological polar surface area (TPSA) is 83.7 Å². The summed E-state index contributed by atoms with van der Waals surface area (Å²) in [5.74, 6) is 0.0345. The highest BCUT2D eigenvalue weighted by Crippen LogP contribution is 2.21. The van der Waals surface area contributed by atoms with E-state index in [4.69, 9.17) is 5.73 Å². The average molecular weight is 353 g/mol. The van der Waals surface area contributed by atoms with E-state index in [1.54, 1.807) is 4.90 Å². The van der Waals surface area contributed by atoms with Crippen molar-refractivity contribution in [3.63, 3.8) is 0 Å². The van der Waals surface area contributed by atoms with Crippen LogP contribution in [0.3, 0.4) is 0 Å². The zero-order valence-corrected chi connectivity index (χ0v) is 15.2. The van der Waals surface area contributed by atoms with Crippen molar-refractivity contribution < 1.29 is 13.2 Å². The molecule has 134 valence electrons. The van der Waals surface area contributed by atoms with Gasteiger partial charge in [-0.05, 0) is 18.4 Å². The Labute approximate surface area is 144 Å². The number of hydrogen-bond acceptors (Lipinski definition) is 4. The molecule has 1 heterocycles. The van der Waals surface area contributed by atoms with Crippen molar-refractivity contribution in [1.29, 1.82) is 0 Å². The third-order valence-electron chi connectivity index (χ3n) is 4.58. The first-order chi connectivity index (χ1) is 11.3. The van der Waals surface area contributed by atoms with Gasteiger partial charge in [0.05, 0.1) is 6.26 Å². The lowest BCUT2D eigenvalue weighted by atomic mass is 10.0. The van der Waals surface area contributed by atoms with Crippen molar-refractivity contribution in [3.05, 3.63) is 35.9 Å². The van der Waals surface area contributed by atoms with Crippen LogP contribution in [0.25, 0.3) is 0 Å². The van der Waals surface area contributed by atoms with E-state index in [1.165, 1.54) is 10.6 Å². The molecule has 1 saturated heterocycles. The highest BCUT2D eigenvalue weighted by molar-refractivity contribution is 7.88. The summed E-state index contributed by atoms with van der Waals surface area (Å²) < 4.78 is 25.1. The lowest BCUT2D eigenvalue weighted by Gasteiger charge is -2.37. The molecule has 1 aliphatic heterocycles. The van der Waals surface area contributed by atoms with Gasteiger partial charge in [0.1, 0.15) is 0 Å². The van der Waals surface area contributed by atoms with E-state index in [-0.39, 0.29) is 24.4 Å². The molecule has 0 aromatic heterocycles. The molecule has 0 radical (unpaired) electrons. The first-order valence-electron chi connectivity index (χ1n) is 8.38. The van der Waals surface area contributed by atoms with Crippen LogP contribution in [0.2, 0.25) is 0 Å². The van der Waals surface area contributed by atoms with Crippen LogP contribution in [0.4, 0.5) is 0 Å². The summed E-state index contributed by atoms with van der Waals surface area (Å²) in [5.41, 5.74) is 7.08. The minimum absolute atomic E-state index is 0.0168. The second-order valence-electron chi connectivity index (χ2n) is 6.30. The average Bonchev–Trinajstić information content (AvgIpc) is 2.55. The number of piperidine rings is 1. The molecule has 1 amide bonds. The Bertz CT molecular complexity index is 640. The Hall–Kier alpha value is -1.44. The molecule has 24 heavy (non-hydrogen) atoms. The van der Waals surface area contributed by atoms with Crippen LogP contribution in [0.5, 0.6) is 0 Å². The van der Waals surface area contributed by atoms with Crippen molar-refractivity contribution in [3.8, 4) is 0 Å². The fourth-order valence-corrected chi connectivity index (χ4v) is 4.52. The summed E-state index contributed by atoms with van der Waals surface area (Å²) >= 11 is 0. The lowest BCUT2D eigenvalue weighted by molar-refractivity contribution is -0.132. The maximum Gasteiger partial charge on any atom is 0.224 e. The molecule has 1 unspecified atom stereocenters. The summed E-state index contributed by atoms with van der Waals surface area (Å²) in [5, 5.41) is 0. The normalized spacial score (nSPS) is 17.9. The number of likely N-dealkylation sites (tertiary alicyclic amines) is 1. The van der Waals surface area contributed by atoms with Crippen LogP contribution < -0.4 is 5.73 Å². The molecule has 1 aromatic rings. The van der Waals surface area contributed by atoms with Crippen molar-refractivity contribution in [2.75, 3.05) is 25.9 Å². The van der Waals surface area contributed by atoms with Crippen LogP contribution in [0, 0.1) is 0 Å². The smallest absolute Gasteiger partial charge is 0.224 e. The SMILES string of the molecule is CCN(C1CCN(C(=O)CC(N)c2ccccc2)CC1)S(C)(=O)=O. The van der Waals surface area contributed by atoms with Gasteiger partial charge in [0.25, 0.3) is 0 Å². The third-order valence-corrected chi connectivity index (χ3v) is 5.99. The highest BCUT2D eigenvalue weighted by Gasteiger charge is 2.30. The number of carbonyl (C=O) groups is 1. The molecule has 0 saturated carbocycles. The number of amides is 1. The van der Waals surface area contributed by atoms with E-state index in [2.05, 4.69) is 0 Å². The summed E-state index contributed by atoms with van der Waals surface area (Å²) in [6.07, 6.45) is 2.87. The molecule has 2 N–H and O–H groups in total. The third kappa shape index (κ3) is 4.78. The first kappa shape index (κ1) is 18.9. The molecule has 7 heteroatoms. The van der Waals surface area contributed by atoms with Gasteiger partial charge < -0.3 is 10.6 Å². The maximum absolute atomic E-state index is 12.4. The second kappa shape index (κ2) is 8.09. The fraction of sp³-hybridized carbons (Fsp3) is 0.588. The standard InChI is InChI=1S/C17H27N3O3S/c1-3-20(24(2,22)23)15-9-11-19(12-10-15)17(21)13-16(18)14-7-5-4-6-8-14/h4-8,15-16H,3,9-13,18H2,1-2H3. The molecule has 2 rings (SSSR count). The summed E-state index contributed by atoms with van der Waals surface area (Å²) in [4.78, 5) is 14.2. The Morgan fingerprint density at radius 2 is 1.88 bits per heavy atom. The molecule has 6 nitrogen and oxygen atoms in total. The molecule has 1 aromatic carbocycles. The largest absolute Gasteiger partial charge is 0.343 e.